The molecule has 1 aromatic rings. The summed E-state index contributed by atoms with van der Waals surface area (Å²) in [5.41, 5.74) is 7.67. The fourth-order valence-corrected chi connectivity index (χ4v) is 3.73. The molecule has 20 heavy (non-hydrogen) atoms. The molecule has 2 N–H and O–H groups in total. The molecule has 2 heterocycles. The Morgan fingerprint density at radius 2 is 2.15 bits per heavy atom. The summed E-state index contributed by atoms with van der Waals surface area (Å²) in [5, 5.41) is 0. The molecule has 1 aliphatic carbocycles. The minimum absolute atomic E-state index is 0.0645. The van der Waals surface area contributed by atoms with E-state index in [0.29, 0.717) is 12.0 Å². The lowest BCUT2D eigenvalue weighted by molar-refractivity contribution is 0.177. The first-order chi connectivity index (χ1) is 9.66. The number of nitrogens with two attached hydrogens (primary N) is 1. The monoisotopic (exact) mass is 277 g/mol. The Bertz CT molecular complexity index is 439. The molecular formula is C16H27N3O. The Balaban J connectivity index is 1.76. The van der Waals surface area contributed by atoms with E-state index in [1.165, 1.54) is 25.0 Å². The molecule has 112 valence electrons. The summed E-state index contributed by atoms with van der Waals surface area (Å²) >= 11 is 0. The number of ether oxygens (including phenoxy) is 1. The van der Waals surface area contributed by atoms with Crippen molar-refractivity contribution in [3.05, 3.63) is 18.2 Å². The molecular weight excluding hydrogens is 250 g/mol. The first-order valence-corrected chi connectivity index (χ1v) is 8.02. The Morgan fingerprint density at radius 1 is 1.30 bits per heavy atom. The van der Waals surface area contributed by atoms with Gasteiger partial charge >= 0.3 is 0 Å². The van der Waals surface area contributed by atoms with E-state index in [2.05, 4.69) is 23.4 Å². The van der Waals surface area contributed by atoms with Crippen LogP contribution in [0, 0.1) is 17.8 Å². The maximum Gasteiger partial charge on any atom is 0.0951 e. The van der Waals surface area contributed by atoms with Gasteiger partial charge in [-0.15, -0.1) is 0 Å². The molecule has 4 heteroatoms. The maximum absolute atomic E-state index is 6.47. The molecule has 2 fully saturated rings. The number of hydrogen-bond acceptors (Lipinski definition) is 3. The van der Waals surface area contributed by atoms with E-state index in [1.54, 1.807) is 0 Å². The average molecular weight is 277 g/mol. The molecule has 0 aromatic carbocycles. The van der Waals surface area contributed by atoms with Crippen LogP contribution >= 0.6 is 0 Å². The van der Waals surface area contributed by atoms with Gasteiger partial charge in [-0.1, -0.05) is 13.8 Å². The summed E-state index contributed by atoms with van der Waals surface area (Å²) in [6.07, 6.45) is 8.83. The molecule has 1 aromatic heterocycles. The largest absolute Gasteiger partial charge is 0.381 e. The highest BCUT2D eigenvalue weighted by atomic mass is 16.5. The molecule has 1 saturated heterocycles. The third-order valence-electron chi connectivity index (χ3n) is 5.47. The molecule has 0 radical (unpaired) electrons. The van der Waals surface area contributed by atoms with E-state index in [1.807, 2.05) is 12.5 Å². The number of rotatable bonds is 3. The molecule has 3 rings (SSSR count). The number of nitrogens with zero attached hydrogens (tertiary/aromatic N) is 2. The Kier molecular flexibility index (Phi) is 4.13. The highest BCUT2D eigenvalue weighted by Crippen LogP contribution is 2.38. The molecule has 0 amide bonds. The zero-order valence-electron chi connectivity index (χ0n) is 12.7. The first-order valence-electron chi connectivity index (χ1n) is 8.02. The van der Waals surface area contributed by atoms with Crippen molar-refractivity contribution in [3.8, 4) is 0 Å². The lowest BCUT2D eigenvalue weighted by Crippen LogP contribution is -2.28. The van der Waals surface area contributed by atoms with Gasteiger partial charge in [-0.3, -0.25) is 0 Å². The fraction of sp³-hybridized carbons (Fsp3) is 0.812. The molecule has 1 saturated carbocycles. The minimum atomic E-state index is 0.0645. The lowest BCUT2D eigenvalue weighted by atomic mass is 9.79. The standard InChI is InChI=1S/C16H27N3O/c1-11-3-4-14(7-12(11)2)19-10-18-8-15(19)16(17)13-5-6-20-9-13/h8,10-14,16H,3-7,9,17H2,1-2H3. The van der Waals surface area contributed by atoms with E-state index in [9.17, 15) is 0 Å². The van der Waals surface area contributed by atoms with Gasteiger partial charge in [-0.25, -0.2) is 4.98 Å². The summed E-state index contributed by atoms with van der Waals surface area (Å²) in [5.74, 6) is 2.08. The Hall–Kier alpha value is -0.870. The summed E-state index contributed by atoms with van der Waals surface area (Å²) in [6, 6.07) is 0.640. The van der Waals surface area contributed by atoms with Crippen LogP contribution in [0.3, 0.4) is 0 Å². The molecule has 5 unspecified atom stereocenters. The van der Waals surface area contributed by atoms with Gasteiger partial charge in [0, 0.05) is 24.8 Å². The van der Waals surface area contributed by atoms with Gasteiger partial charge in [0.15, 0.2) is 0 Å². The maximum atomic E-state index is 6.47. The van der Waals surface area contributed by atoms with Crippen molar-refractivity contribution >= 4 is 0 Å². The third kappa shape index (κ3) is 2.63. The van der Waals surface area contributed by atoms with E-state index in [-0.39, 0.29) is 6.04 Å². The Labute approximate surface area is 121 Å². The van der Waals surface area contributed by atoms with Gasteiger partial charge in [0.2, 0.25) is 0 Å². The summed E-state index contributed by atoms with van der Waals surface area (Å²) in [6.45, 7) is 6.39. The zero-order valence-corrected chi connectivity index (χ0v) is 12.7. The van der Waals surface area contributed by atoms with Crippen LogP contribution in [0.2, 0.25) is 0 Å². The molecule has 0 bridgehead atoms. The SMILES string of the molecule is CC1CCC(n2cncc2C(N)C2CCOC2)CC1C. The highest BCUT2D eigenvalue weighted by Gasteiger charge is 2.30. The van der Waals surface area contributed by atoms with Crippen LogP contribution in [0.15, 0.2) is 12.5 Å². The van der Waals surface area contributed by atoms with E-state index < -0.39 is 0 Å². The zero-order chi connectivity index (χ0) is 14.1. The van der Waals surface area contributed by atoms with Crippen molar-refractivity contribution in [2.75, 3.05) is 13.2 Å². The van der Waals surface area contributed by atoms with Crippen molar-refractivity contribution in [2.45, 2.75) is 51.6 Å². The fourth-order valence-electron chi connectivity index (χ4n) is 3.73. The lowest BCUT2D eigenvalue weighted by Gasteiger charge is -2.34. The quantitative estimate of drug-likeness (QED) is 0.924. The highest BCUT2D eigenvalue weighted by molar-refractivity contribution is 5.09. The van der Waals surface area contributed by atoms with Crippen molar-refractivity contribution in [1.82, 2.24) is 9.55 Å². The predicted molar refractivity (Wildman–Crippen MR) is 79.3 cm³/mol. The van der Waals surface area contributed by atoms with Gasteiger partial charge in [-0.05, 0) is 37.5 Å². The van der Waals surface area contributed by atoms with E-state index >= 15 is 0 Å². The van der Waals surface area contributed by atoms with Gasteiger partial charge in [-0.2, -0.15) is 0 Å². The van der Waals surface area contributed by atoms with Gasteiger partial charge in [0.05, 0.1) is 24.7 Å². The van der Waals surface area contributed by atoms with Crippen LogP contribution < -0.4 is 5.73 Å². The minimum Gasteiger partial charge on any atom is -0.381 e. The second-order valence-electron chi connectivity index (χ2n) is 6.80. The predicted octanol–water partition coefficient (Wildman–Crippen LogP) is 2.92. The van der Waals surface area contributed by atoms with Crippen LogP contribution in [-0.4, -0.2) is 22.8 Å². The second kappa shape index (κ2) is 5.86. The van der Waals surface area contributed by atoms with Crippen LogP contribution in [-0.2, 0) is 4.74 Å². The van der Waals surface area contributed by atoms with Crippen LogP contribution in [0.1, 0.15) is 57.3 Å². The molecule has 2 aliphatic rings. The topological polar surface area (TPSA) is 53.1 Å². The number of aromatic nitrogens is 2. The normalized spacial score (nSPS) is 36.1. The number of hydrogen-bond donors (Lipinski definition) is 1. The average Bonchev–Trinajstić information content (AvgIpc) is 3.11. The van der Waals surface area contributed by atoms with Crippen molar-refractivity contribution in [3.63, 3.8) is 0 Å². The van der Waals surface area contributed by atoms with Gasteiger partial charge in [0.25, 0.3) is 0 Å². The van der Waals surface area contributed by atoms with Gasteiger partial charge in [0.1, 0.15) is 0 Å². The smallest absolute Gasteiger partial charge is 0.0951 e. The van der Waals surface area contributed by atoms with Crippen LogP contribution in [0.4, 0.5) is 0 Å². The summed E-state index contributed by atoms with van der Waals surface area (Å²) in [7, 11) is 0. The van der Waals surface area contributed by atoms with Crippen molar-refractivity contribution < 1.29 is 4.74 Å². The Morgan fingerprint density at radius 3 is 2.85 bits per heavy atom. The van der Waals surface area contributed by atoms with E-state index in [0.717, 1.165) is 31.5 Å². The van der Waals surface area contributed by atoms with Crippen LogP contribution in [0.5, 0.6) is 0 Å². The first kappa shape index (κ1) is 14.1. The summed E-state index contributed by atoms with van der Waals surface area (Å²) < 4.78 is 7.84. The molecule has 0 spiro atoms. The molecule has 4 nitrogen and oxygen atoms in total. The number of imidazole rings is 1. The van der Waals surface area contributed by atoms with Gasteiger partial charge < -0.3 is 15.0 Å². The molecule has 1 aliphatic heterocycles. The third-order valence-corrected chi connectivity index (χ3v) is 5.47. The van der Waals surface area contributed by atoms with Crippen molar-refractivity contribution in [2.24, 2.45) is 23.5 Å². The molecule has 5 atom stereocenters. The van der Waals surface area contributed by atoms with Crippen LogP contribution in [0.25, 0.3) is 0 Å². The van der Waals surface area contributed by atoms with Crippen molar-refractivity contribution in [1.29, 1.82) is 0 Å². The summed E-state index contributed by atoms with van der Waals surface area (Å²) in [4.78, 5) is 4.38. The van der Waals surface area contributed by atoms with E-state index in [4.69, 9.17) is 10.5 Å². The second-order valence-corrected chi connectivity index (χ2v) is 6.80.